The molecule has 0 spiro atoms. The molecule has 1 atom stereocenters. The van der Waals surface area contributed by atoms with E-state index in [0.717, 1.165) is 21.9 Å². The molecule has 0 aliphatic carbocycles. The average molecular weight is 291 g/mol. The van der Waals surface area contributed by atoms with Crippen LogP contribution in [0.2, 0.25) is 0 Å². The smallest absolute Gasteiger partial charge is 0.124 e. The van der Waals surface area contributed by atoms with Crippen LogP contribution in [-0.2, 0) is 5.41 Å². The van der Waals surface area contributed by atoms with Crippen molar-refractivity contribution >= 4 is 11.5 Å². The van der Waals surface area contributed by atoms with E-state index in [2.05, 4.69) is 41.7 Å². The molecule has 0 aliphatic heterocycles. The van der Waals surface area contributed by atoms with Crippen molar-refractivity contribution in [3.63, 3.8) is 0 Å². The number of hydrogen-bond donors (Lipinski definition) is 1. The molecule has 0 aliphatic rings. The molecular weight excluding hydrogens is 270 g/mol. The van der Waals surface area contributed by atoms with Crippen molar-refractivity contribution in [2.45, 2.75) is 32.2 Å². The van der Waals surface area contributed by atoms with Gasteiger partial charge in [-0.05, 0) is 24.6 Å². The number of methoxy groups -OCH3 is 1. The van der Waals surface area contributed by atoms with E-state index in [1.165, 1.54) is 11.5 Å². The molecule has 1 aromatic carbocycles. The van der Waals surface area contributed by atoms with Crippen molar-refractivity contribution in [1.29, 1.82) is 0 Å². The van der Waals surface area contributed by atoms with E-state index >= 15 is 0 Å². The number of ether oxygens (including phenoxy) is 1. The Hall–Kier alpha value is -1.46. The van der Waals surface area contributed by atoms with Crippen LogP contribution in [0, 0.1) is 0 Å². The number of hydrogen-bond acceptors (Lipinski definition) is 5. The van der Waals surface area contributed by atoms with Crippen molar-refractivity contribution in [2.24, 2.45) is 0 Å². The van der Waals surface area contributed by atoms with Crippen LogP contribution in [0.1, 0.15) is 42.9 Å². The second-order valence-electron chi connectivity index (χ2n) is 5.70. The summed E-state index contributed by atoms with van der Waals surface area (Å²) in [4.78, 5) is 1.14. The lowest BCUT2D eigenvalue weighted by molar-refractivity contribution is 0.405. The van der Waals surface area contributed by atoms with Gasteiger partial charge < -0.3 is 10.1 Å². The highest BCUT2D eigenvalue weighted by atomic mass is 32.1. The molecule has 0 radical (unpaired) electrons. The second-order valence-corrected chi connectivity index (χ2v) is 6.49. The topological polar surface area (TPSA) is 47.0 Å². The van der Waals surface area contributed by atoms with Crippen LogP contribution in [-0.4, -0.2) is 23.7 Å². The molecule has 5 heteroatoms. The van der Waals surface area contributed by atoms with E-state index in [-0.39, 0.29) is 11.5 Å². The fraction of sp³-hybridized carbons (Fsp3) is 0.467. The van der Waals surface area contributed by atoms with Gasteiger partial charge in [0.1, 0.15) is 5.75 Å². The van der Waals surface area contributed by atoms with E-state index in [9.17, 15) is 0 Å². The summed E-state index contributed by atoms with van der Waals surface area (Å²) in [6.07, 6.45) is 0. The molecule has 108 valence electrons. The second kappa shape index (κ2) is 5.89. The average Bonchev–Trinajstić information content (AvgIpc) is 2.89. The van der Waals surface area contributed by atoms with Crippen molar-refractivity contribution in [3.8, 4) is 5.75 Å². The monoisotopic (exact) mass is 291 g/mol. The third kappa shape index (κ3) is 2.83. The highest BCUT2D eigenvalue weighted by Gasteiger charge is 2.28. The minimum Gasteiger partial charge on any atom is -0.496 e. The molecule has 2 aromatic rings. The summed E-state index contributed by atoms with van der Waals surface area (Å²) in [6.45, 7) is 6.46. The predicted octanol–water partition coefficient (Wildman–Crippen LogP) is 3.15. The Balaban J connectivity index is 2.51. The van der Waals surface area contributed by atoms with Crippen LogP contribution >= 0.6 is 11.5 Å². The number of nitrogens with one attached hydrogen (secondary N) is 1. The lowest BCUT2D eigenvalue weighted by Crippen LogP contribution is -2.22. The number of rotatable bonds is 4. The third-order valence-electron chi connectivity index (χ3n) is 3.22. The van der Waals surface area contributed by atoms with Gasteiger partial charge >= 0.3 is 0 Å². The maximum Gasteiger partial charge on any atom is 0.124 e. The largest absolute Gasteiger partial charge is 0.496 e. The number of aromatic nitrogens is 2. The molecule has 0 bridgehead atoms. The first-order valence-electron chi connectivity index (χ1n) is 6.62. The minimum absolute atomic E-state index is 0.0283. The zero-order chi connectivity index (χ0) is 14.8. The maximum absolute atomic E-state index is 5.48. The number of para-hydroxylation sites is 1. The molecule has 1 heterocycles. The summed E-state index contributed by atoms with van der Waals surface area (Å²) in [5.74, 6) is 0.875. The molecule has 1 unspecified atom stereocenters. The fourth-order valence-corrected chi connectivity index (χ4v) is 3.23. The van der Waals surface area contributed by atoms with Gasteiger partial charge in [-0.15, -0.1) is 5.10 Å². The zero-order valence-electron chi connectivity index (χ0n) is 12.6. The molecule has 2 rings (SSSR count). The Morgan fingerprint density at radius 3 is 2.55 bits per heavy atom. The van der Waals surface area contributed by atoms with E-state index in [4.69, 9.17) is 4.74 Å². The van der Waals surface area contributed by atoms with Gasteiger partial charge in [0.2, 0.25) is 0 Å². The first-order valence-corrected chi connectivity index (χ1v) is 7.39. The third-order valence-corrected chi connectivity index (χ3v) is 4.01. The maximum atomic E-state index is 5.48. The molecule has 4 nitrogen and oxygen atoms in total. The lowest BCUT2D eigenvalue weighted by atomic mass is 9.88. The first-order chi connectivity index (χ1) is 9.49. The predicted molar refractivity (Wildman–Crippen MR) is 82.5 cm³/mol. The van der Waals surface area contributed by atoms with Gasteiger partial charge in [0.25, 0.3) is 0 Å². The van der Waals surface area contributed by atoms with Crippen LogP contribution in [0.3, 0.4) is 0 Å². The normalized spacial score (nSPS) is 13.2. The summed E-state index contributed by atoms with van der Waals surface area (Å²) < 4.78 is 9.62. The van der Waals surface area contributed by atoms with Gasteiger partial charge in [-0.25, -0.2) is 0 Å². The van der Waals surface area contributed by atoms with E-state index in [1.54, 1.807) is 7.11 Å². The van der Waals surface area contributed by atoms with Gasteiger partial charge in [-0.2, -0.15) is 0 Å². The Kier molecular flexibility index (Phi) is 4.40. The quantitative estimate of drug-likeness (QED) is 0.940. The highest BCUT2D eigenvalue weighted by molar-refractivity contribution is 7.05. The van der Waals surface area contributed by atoms with Gasteiger partial charge in [0.15, 0.2) is 0 Å². The molecule has 1 N–H and O–H groups in total. The molecule has 1 aromatic heterocycles. The first kappa shape index (κ1) is 14.9. The van der Waals surface area contributed by atoms with Crippen LogP contribution in [0.4, 0.5) is 0 Å². The molecule has 0 saturated heterocycles. The van der Waals surface area contributed by atoms with Gasteiger partial charge in [-0.1, -0.05) is 43.5 Å². The van der Waals surface area contributed by atoms with Crippen molar-refractivity contribution in [1.82, 2.24) is 14.9 Å². The van der Waals surface area contributed by atoms with Gasteiger partial charge in [-0.3, -0.25) is 0 Å². The summed E-state index contributed by atoms with van der Waals surface area (Å²) in [6, 6.07) is 8.09. The lowest BCUT2D eigenvalue weighted by Gasteiger charge is -2.23. The number of nitrogens with zero attached hydrogens (tertiary/aromatic N) is 2. The van der Waals surface area contributed by atoms with Crippen LogP contribution in [0.25, 0.3) is 0 Å². The summed E-state index contributed by atoms with van der Waals surface area (Å²) in [7, 11) is 3.64. The zero-order valence-corrected chi connectivity index (χ0v) is 13.4. The van der Waals surface area contributed by atoms with Crippen LogP contribution < -0.4 is 10.1 Å². The summed E-state index contributed by atoms with van der Waals surface area (Å²) in [5.41, 5.74) is 2.11. The van der Waals surface area contributed by atoms with E-state index in [1.807, 2.05) is 25.2 Å². The summed E-state index contributed by atoms with van der Waals surface area (Å²) >= 11 is 1.44. The van der Waals surface area contributed by atoms with Crippen LogP contribution in [0.5, 0.6) is 5.75 Å². The Labute approximate surface area is 124 Å². The van der Waals surface area contributed by atoms with Gasteiger partial charge in [0.05, 0.1) is 23.7 Å². The molecule has 0 fully saturated rings. The van der Waals surface area contributed by atoms with Crippen LogP contribution in [0.15, 0.2) is 24.3 Å². The standard InChI is InChI=1S/C15H21N3OS/c1-15(2,3)14-13(20-18-17-14)12(16-4)10-8-6-7-9-11(10)19-5/h6-9,12,16H,1-5H3. The van der Waals surface area contributed by atoms with Crippen molar-refractivity contribution in [2.75, 3.05) is 14.2 Å². The molecular formula is C15H21N3OS. The Bertz CT molecular complexity index is 574. The molecule has 0 amide bonds. The van der Waals surface area contributed by atoms with Crippen molar-refractivity contribution in [3.05, 3.63) is 40.4 Å². The number of benzene rings is 1. The van der Waals surface area contributed by atoms with E-state index in [0.29, 0.717) is 0 Å². The van der Waals surface area contributed by atoms with E-state index < -0.39 is 0 Å². The summed E-state index contributed by atoms with van der Waals surface area (Å²) in [5, 5.41) is 7.68. The molecule has 0 saturated carbocycles. The SMILES string of the molecule is CNC(c1ccccc1OC)c1snnc1C(C)(C)C. The fourth-order valence-electron chi connectivity index (χ4n) is 2.24. The Morgan fingerprint density at radius 2 is 1.95 bits per heavy atom. The molecule has 20 heavy (non-hydrogen) atoms. The Morgan fingerprint density at radius 1 is 1.25 bits per heavy atom. The van der Waals surface area contributed by atoms with Crippen molar-refractivity contribution < 1.29 is 4.74 Å². The van der Waals surface area contributed by atoms with Gasteiger partial charge in [0, 0.05) is 11.0 Å². The highest BCUT2D eigenvalue weighted by Crippen LogP contribution is 2.36. The minimum atomic E-state index is -0.0283.